The number of ether oxygens (including phenoxy) is 1. The molecule has 0 bridgehead atoms. The molecule has 0 spiro atoms. The average Bonchev–Trinajstić information content (AvgIpc) is 3.27. The van der Waals surface area contributed by atoms with Crippen LogP contribution < -0.4 is 5.32 Å². The minimum absolute atomic E-state index is 0.00524. The third kappa shape index (κ3) is 6.01. The molecule has 8 nitrogen and oxygen atoms in total. The van der Waals surface area contributed by atoms with Crippen molar-refractivity contribution < 1.29 is 22.7 Å². The number of carbonyl (C=O) groups excluding carboxylic acids is 2. The SMILES string of the molecule is CCN(CC)S(=O)(=O)c1cc(C(=O)OCC(=O)Nc2nc(-c3ccc(C)cc3)cs2)ccc1Cl. The van der Waals surface area contributed by atoms with E-state index in [1.54, 1.807) is 13.8 Å². The minimum Gasteiger partial charge on any atom is -0.452 e. The molecule has 1 amide bonds. The first-order valence-electron chi connectivity index (χ1n) is 10.4. The van der Waals surface area contributed by atoms with Gasteiger partial charge in [-0.15, -0.1) is 11.3 Å². The molecule has 0 saturated heterocycles. The Bertz CT molecular complexity index is 1290. The predicted octanol–water partition coefficient (Wildman–Crippen LogP) is 4.60. The molecule has 0 aliphatic carbocycles. The van der Waals surface area contributed by atoms with Crippen LogP contribution in [0.25, 0.3) is 11.3 Å². The standard InChI is InChI=1S/C23H24ClN3O5S2/c1-4-27(5-2)34(30,31)20-12-17(10-11-18(20)24)22(29)32-13-21(28)26-23-25-19(14-33-23)16-8-6-15(3)7-9-16/h6-12,14H,4-5,13H2,1-3H3,(H,25,26,28). The molecule has 0 saturated carbocycles. The summed E-state index contributed by atoms with van der Waals surface area (Å²) in [7, 11) is -3.88. The van der Waals surface area contributed by atoms with Gasteiger partial charge in [0.15, 0.2) is 11.7 Å². The highest BCUT2D eigenvalue weighted by atomic mass is 35.5. The number of sulfonamides is 1. The summed E-state index contributed by atoms with van der Waals surface area (Å²) in [6.07, 6.45) is 0. The maximum atomic E-state index is 12.8. The van der Waals surface area contributed by atoms with E-state index in [-0.39, 0.29) is 28.6 Å². The van der Waals surface area contributed by atoms with Gasteiger partial charge in [0.05, 0.1) is 16.3 Å². The van der Waals surface area contributed by atoms with Gasteiger partial charge in [-0.05, 0) is 25.1 Å². The van der Waals surface area contributed by atoms with Gasteiger partial charge in [-0.2, -0.15) is 4.31 Å². The van der Waals surface area contributed by atoms with E-state index in [1.165, 1.54) is 27.8 Å². The highest BCUT2D eigenvalue weighted by Crippen LogP contribution is 2.27. The Morgan fingerprint density at radius 1 is 1.12 bits per heavy atom. The third-order valence-electron chi connectivity index (χ3n) is 4.92. The van der Waals surface area contributed by atoms with E-state index < -0.39 is 28.5 Å². The van der Waals surface area contributed by atoms with Gasteiger partial charge in [0.2, 0.25) is 10.0 Å². The molecule has 1 aromatic heterocycles. The van der Waals surface area contributed by atoms with Gasteiger partial charge in [0, 0.05) is 24.0 Å². The van der Waals surface area contributed by atoms with Crippen LogP contribution in [0.5, 0.6) is 0 Å². The minimum atomic E-state index is -3.88. The Kier molecular flexibility index (Phi) is 8.42. The van der Waals surface area contributed by atoms with E-state index >= 15 is 0 Å². The fraction of sp³-hybridized carbons (Fsp3) is 0.261. The molecular formula is C23H24ClN3O5S2. The normalized spacial score (nSPS) is 11.4. The number of thiazole rings is 1. The van der Waals surface area contributed by atoms with Crippen LogP contribution in [-0.2, 0) is 19.6 Å². The molecule has 2 aromatic carbocycles. The van der Waals surface area contributed by atoms with E-state index in [1.807, 2.05) is 36.6 Å². The van der Waals surface area contributed by atoms with Crippen LogP contribution in [0.15, 0.2) is 52.7 Å². The summed E-state index contributed by atoms with van der Waals surface area (Å²) >= 11 is 7.34. The van der Waals surface area contributed by atoms with Crippen LogP contribution in [0.1, 0.15) is 29.8 Å². The highest BCUT2D eigenvalue weighted by molar-refractivity contribution is 7.89. The number of aryl methyl sites for hydroxylation is 1. The maximum Gasteiger partial charge on any atom is 0.338 e. The Morgan fingerprint density at radius 2 is 1.79 bits per heavy atom. The zero-order valence-corrected chi connectivity index (χ0v) is 21.3. The molecule has 0 unspecified atom stereocenters. The number of carbonyl (C=O) groups is 2. The Labute approximate surface area is 207 Å². The number of aromatic nitrogens is 1. The van der Waals surface area contributed by atoms with Crippen LogP contribution in [0.3, 0.4) is 0 Å². The highest BCUT2D eigenvalue weighted by Gasteiger charge is 2.26. The van der Waals surface area contributed by atoms with Crippen LogP contribution in [-0.4, -0.2) is 49.3 Å². The zero-order valence-electron chi connectivity index (χ0n) is 18.9. The molecule has 34 heavy (non-hydrogen) atoms. The molecule has 180 valence electrons. The van der Waals surface area contributed by atoms with Crippen LogP contribution >= 0.6 is 22.9 Å². The summed E-state index contributed by atoms with van der Waals surface area (Å²) in [6, 6.07) is 11.7. The van der Waals surface area contributed by atoms with Crippen molar-refractivity contribution in [2.45, 2.75) is 25.7 Å². The molecule has 0 atom stereocenters. The van der Waals surface area contributed by atoms with Gasteiger partial charge in [0.25, 0.3) is 5.91 Å². The van der Waals surface area contributed by atoms with Crippen molar-refractivity contribution in [2.24, 2.45) is 0 Å². The first-order valence-corrected chi connectivity index (χ1v) is 13.1. The Balaban J connectivity index is 1.64. The fourth-order valence-electron chi connectivity index (χ4n) is 3.09. The zero-order chi connectivity index (χ0) is 24.9. The molecule has 0 aliphatic rings. The smallest absolute Gasteiger partial charge is 0.338 e. The lowest BCUT2D eigenvalue weighted by Crippen LogP contribution is -2.31. The quantitative estimate of drug-likeness (QED) is 0.412. The summed E-state index contributed by atoms with van der Waals surface area (Å²) in [5.41, 5.74) is 2.75. The van der Waals surface area contributed by atoms with Crippen molar-refractivity contribution in [3.8, 4) is 11.3 Å². The number of hydrogen-bond acceptors (Lipinski definition) is 7. The average molecular weight is 522 g/mol. The van der Waals surface area contributed by atoms with Crippen molar-refractivity contribution in [3.05, 3.63) is 64.0 Å². The van der Waals surface area contributed by atoms with E-state index in [0.29, 0.717) is 5.13 Å². The van der Waals surface area contributed by atoms with Gasteiger partial charge in [-0.3, -0.25) is 10.1 Å². The van der Waals surface area contributed by atoms with Crippen LogP contribution in [0.4, 0.5) is 5.13 Å². The van der Waals surface area contributed by atoms with Gasteiger partial charge in [0.1, 0.15) is 4.90 Å². The van der Waals surface area contributed by atoms with E-state index in [0.717, 1.165) is 22.9 Å². The maximum absolute atomic E-state index is 12.8. The molecule has 11 heteroatoms. The lowest BCUT2D eigenvalue weighted by Gasteiger charge is -2.19. The van der Waals surface area contributed by atoms with E-state index in [9.17, 15) is 18.0 Å². The second kappa shape index (κ2) is 11.1. The molecule has 3 aromatic rings. The monoisotopic (exact) mass is 521 g/mol. The summed E-state index contributed by atoms with van der Waals surface area (Å²) in [5, 5.41) is 4.78. The second-order valence-corrected chi connectivity index (χ2v) is 10.4. The van der Waals surface area contributed by atoms with Crippen molar-refractivity contribution >= 4 is 50.0 Å². The third-order valence-corrected chi connectivity index (χ3v) is 8.21. The summed E-state index contributed by atoms with van der Waals surface area (Å²) < 4.78 is 31.9. The van der Waals surface area contributed by atoms with Crippen LogP contribution in [0, 0.1) is 6.92 Å². The second-order valence-electron chi connectivity index (χ2n) is 7.26. The molecule has 1 heterocycles. The van der Waals surface area contributed by atoms with E-state index in [4.69, 9.17) is 16.3 Å². The first kappa shape index (κ1) is 25.8. The topological polar surface area (TPSA) is 106 Å². The van der Waals surface area contributed by atoms with Crippen molar-refractivity contribution in [3.63, 3.8) is 0 Å². The fourth-order valence-corrected chi connectivity index (χ4v) is 5.78. The molecule has 0 aliphatic heterocycles. The number of anilines is 1. The number of halogens is 1. The van der Waals surface area contributed by atoms with Gasteiger partial charge in [-0.25, -0.2) is 18.2 Å². The number of nitrogens with one attached hydrogen (secondary N) is 1. The number of nitrogens with zero attached hydrogens (tertiary/aromatic N) is 2. The van der Waals surface area contributed by atoms with E-state index in [2.05, 4.69) is 10.3 Å². The number of rotatable bonds is 9. The molecule has 0 radical (unpaired) electrons. The lowest BCUT2D eigenvalue weighted by molar-refractivity contribution is -0.119. The number of esters is 1. The molecular weight excluding hydrogens is 498 g/mol. The molecule has 3 rings (SSSR count). The van der Waals surface area contributed by atoms with Crippen LogP contribution in [0.2, 0.25) is 5.02 Å². The first-order chi connectivity index (χ1) is 16.1. The Morgan fingerprint density at radius 3 is 2.44 bits per heavy atom. The van der Waals surface area contributed by atoms with Crippen molar-refractivity contribution in [1.82, 2.24) is 9.29 Å². The number of benzene rings is 2. The summed E-state index contributed by atoms with van der Waals surface area (Å²) in [4.78, 5) is 28.9. The summed E-state index contributed by atoms with van der Waals surface area (Å²) in [5.74, 6) is -1.41. The predicted molar refractivity (Wildman–Crippen MR) is 133 cm³/mol. The van der Waals surface area contributed by atoms with Crippen molar-refractivity contribution in [2.75, 3.05) is 25.0 Å². The largest absolute Gasteiger partial charge is 0.452 e. The Hall–Kier alpha value is -2.79. The molecule has 0 fully saturated rings. The van der Waals surface area contributed by atoms with Gasteiger partial charge < -0.3 is 4.74 Å². The lowest BCUT2D eigenvalue weighted by atomic mass is 10.1. The molecule has 1 N–H and O–H groups in total. The van der Waals surface area contributed by atoms with Crippen molar-refractivity contribution in [1.29, 1.82) is 0 Å². The number of hydrogen-bond donors (Lipinski definition) is 1. The summed E-state index contributed by atoms with van der Waals surface area (Å²) in [6.45, 7) is 5.36. The van der Waals surface area contributed by atoms with Gasteiger partial charge in [-0.1, -0.05) is 55.3 Å². The van der Waals surface area contributed by atoms with Gasteiger partial charge >= 0.3 is 5.97 Å². The number of amides is 1.